The molecule has 2 aromatic rings. The van der Waals surface area contributed by atoms with Gasteiger partial charge in [0.2, 0.25) is 0 Å². The number of rotatable bonds is 4. The van der Waals surface area contributed by atoms with E-state index in [0.717, 1.165) is 16.7 Å². The molecule has 0 saturated carbocycles. The molecule has 0 aliphatic heterocycles. The molecule has 0 fully saturated rings. The number of hydrogen-bond acceptors (Lipinski definition) is 2. The van der Waals surface area contributed by atoms with E-state index in [-0.39, 0.29) is 5.75 Å². The second-order valence-electron chi connectivity index (χ2n) is 4.51. The lowest BCUT2D eigenvalue weighted by atomic mass is 10.2. The first kappa shape index (κ1) is 13.6. The van der Waals surface area contributed by atoms with Crippen molar-refractivity contribution in [1.82, 2.24) is 0 Å². The smallest absolute Gasteiger partial charge is 0.175 e. The van der Waals surface area contributed by atoms with Crippen molar-refractivity contribution in [2.75, 3.05) is 0 Å². The Kier molecular flexibility index (Phi) is 4.17. The summed E-state index contributed by atoms with van der Waals surface area (Å²) in [5.41, 5.74) is 2.85. The zero-order valence-corrected chi connectivity index (χ0v) is 11.6. The van der Waals surface area contributed by atoms with Crippen LogP contribution in [0, 0.1) is 6.92 Å². The SMILES string of the molecule is Cc1ccc(/C=C\S(=O)(=O)Cc2ccccc2)cc1. The highest BCUT2D eigenvalue weighted by molar-refractivity contribution is 7.93. The van der Waals surface area contributed by atoms with Gasteiger partial charge in [-0.15, -0.1) is 0 Å². The highest BCUT2D eigenvalue weighted by Gasteiger charge is 2.06. The summed E-state index contributed by atoms with van der Waals surface area (Å²) in [5.74, 6) is 0.0379. The Labute approximate surface area is 114 Å². The quantitative estimate of drug-likeness (QED) is 0.852. The monoisotopic (exact) mass is 272 g/mol. The van der Waals surface area contributed by atoms with E-state index in [2.05, 4.69) is 0 Å². The minimum atomic E-state index is -3.22. The molecule has 0 heterocycles. The lowest BCUT2D eigenvalue weighted by Crippen LogP contribution is -1.99. The molecule has 0 amide bonds. The van der Waals surface area contributed by atoms with Crippen LogP contribution >= 0.6 is 0 Å². The van der Waals surface area contributed by atoms with Gasteiger partial charge < -0.3 is 0 Å². The molecule has 0 spiro atoms. The lowest BCUT2D eigenvalue weighted by molar-refractivity contribution is 0.604. The molecule has 98 valence electrons. The maximum atomic E-state index is 12.0. The highest BCUT2D eigenvalue weighted by atomic mass is 32.2. The maximum Gasteiger partial charge on any atom is 0.175 e. The second-order valence-corrected chi connectivity index (χ2v) is 6.39. The largest absolute Gasteiger partial charge is 0.224 e. The third-order valence-electron chi connectivity index (χ3n) is 2.76. The fourth-order valence-electron chi connectivity index (χ4n) is 1.71. The standard InChI is InChI=1S/C16H16O2S/c1-14-7-9-15(10-8-14)11-12-19(17,18)13-16-5-3-2-4-6-16/h2-12H,13H2,1H3/b12-11-. The van der Waals surface area contributed by atoms with Gasteiger partial charge in [0.25, 0.3) is 0 Å². The van der Waals surface area contributed by atoms with Crippen LogP contribution in [0.25, 0.3) is 6.08 Å². The zero-order valence-electron chi connectivity index (χ0n) is 10.8. The van der Waals surface area contributed by atoms with Crippen LogP contribution in [0.5, 0.6) is 0 Å². The molecule has 0 N–H and O–H groups in total. The average molecular weight is 272 g/mol. The van der Waals surface area contributed by atoms with Crippen molar-refractivity contribution in [1.29, 1.82) is 0 Å². The molecule has 0 aromatic heterocycles. The van der Waals surface area contributed by atoms with Gasteiger partial charge in [-0.25, -0.2) is 8.42 Å². The summed E-state index contributed by atoms with van der Waals surface area (Å²) < 4.78 is 23.9. The van der Waals surface area contributed by atoms with Crippen molar-refractivity contribution in [3.8, 4) is 0 Å². The van der Waals surface area contributed by atoms with Gasteiger partial charge >= 0.3 is 0 Å². The molecule has 2 rings (SSSR count). The summed E-state index contributed by atoms with van der Waals surface area (Å²) in [5, 5.41) is 1.28. The van der Waals surface area contributed by atoms with E-state index < -0.39 is 9.84 Å². The Balaban J connectivity index is 2.11. The normalized spacial score (nSPS) is 11.8. The van der Waals surface area contributed by atoms with Crippen LogP contribution in [0.15, 0.2) is 60.0 Å². The third kappa shape index (κ3) is 4.38. The lowest BCUT2D eigenvalue weighted by Gasteiger charge is -1.99. The van der Waals surface area contributed by atoms with Gasteiger partial charge in [0.15, 0.2) is 9.84 Å². The number of hydrogen-bond donors (Lipinski definition) is 0. The van der Waals surface area contributed by atoms with Crippen molar-refractivity contribution in [3.05, 3.63) is 76.7 Å². The number of benzene rings is 2. The summed E-state index contributed by atoms with van der Waals surface area (Å²) >= 11 is 0. The minimum Gasteiger partial charge on any atom is -0.224 e. The third-order valence-corrected chi connectivity index (χ3v) is 4.04. The van der Waals surface area contributed by atoms with Crippen LogP contribution in [0.4, 0.5) is 0 Å². The molecule has 0 bridgehead atoms. The molecule has 3 heteroatoms. The Hall–Kier alpha value is -1.87. The zero-order chi connectivity index (χ0) is 13.7. The second kappa shape index (κ2) is 5.85. The molecule has 0 aliphatic carbocycles. The first-order valence-corrected chi connectivity index (χ1v) is 7.78. The Morgan fingerprint density at radius 1 is 0.947 bits per heavy atom. The van der Waals surface area contributed by atoms with Crippen LogP contribution in [-0.4, -0.2) is 8.42 Å². The van der Waals surface area contributed by atoms with Crippen LogP contribution < -0.4 is 0 Å². The van der Waals surface area contributed by atoms with Crippen molar-refractivity contribution >= 4 is 15.9 Å². The van der Waals surface area contributed by atoms with E-state index in [1.54, 1.807) is 6.08 Å². The van der Waals surface area contributed by atoms with E-state index in [9.17, 15) is 8.42 Å². The fourth-order valence-corrected chi connectivity index (χ4v) is 2.83. The Morgan fingerprint density at radius 2 is 1.58 bits per heavy atom. The molecular weight excluding hydrogens is 256 g/mol. The maximum absolute atomic E-state index is 12.0. The van der Waals surface area contributed by atoms with Gasteiger partial charge in [-0.2, -0.15) is 0 Å². The van der Waals surface area contributed by atoms with E-state index in [4.69, 9.17) is 0 Å². The van der Waals surface area contributed by atoms with Crippen LogP contribution in [0.3, 0.4) is 0 Å². The predicted octanol–water partition coefficient (Wildman–Crippen LogP) is 3.58. The molecule has 19 heavy (non-hydrogen) atoms. The summed E-state index contributed by atoms with van der Waals surface area (Å²) in [6, 6.07) is 16.9. The highest BCUT2D eigenvalue weighted by Crippen LogP contribution is 2.10. The molecule has 2 nitrogen and oxygen atoms in total. The Morgan fingerprint density at radius 3 is 2.21 bits per heavy atom. The summed E-state index contributed by atoms with van der Waals surface area (Å²) in [4.78, 5) is 0. The fraction of sp³-hybridized carbons (Fsp3) is 0.125. The number of sulfone groups is 1. The van der Waals surface area contributed by atoms with Gasteiger partial charge in [-0.3, -0.25) is 0 Å². The first-order valence-electron chi connectivity index (χ1n) is 6.07. The van der Waals surface area contributed by atoms with Crippen LogP contribution in [0.2, 0.25) is 0 Å². The Bertz CT molecular complexity index is 654. The van der Waals surface area contributed by atoms with Gasteiger partial charge in [-0.1, -0.05) is 60.2 Å². The van der Waals surface area contributed by atoms with Gasteiger partial charge in [0, 0.05) is 5.41 Å². The first-order chi connectivity index (χ1) is 9.05. The topological polar surface area (TPSA) is 34.1 Å². The van der Waals surface area contributed by atoms with E-state index in [1.165, 1.54) is 5.41 Å². The molecule has 0 saturated heterocycles. The predicted molar refractivity (Wildman–Crippen MR) is 79.3 cm³/mol. The molecule has 0 atom stereocenters. The van der Waals surface area contributed by atoms with Crippen molar-refractivity contribution < 1.29 is 8.42 Å². The molecule has 0 radical (unpaired) electrons. The van der Waals surface area contributed by atoms with Crippen molar-refractivity contribution in [3.63, 3.8) is 0 Å². The van der Waals surface area contributed by atoms with Gasteiger partial charge in [-0.05, 0) is 24.1 Å². The van der Waals surface area contributed by atoms with E-state index in [0.29, 0.717) is 0 Å². The van der Waals surface area contributed by atoms with Gasteiger partial charge in [0.1, 0.15) is 0 Å². The molecule has 0 unspecified atom stereocenters. The molecular formula is C16H16O2S. The van der Waals surface area contributed by atoms with E-state index in [1.807, 2.05) is 61.5 Å². The van der Waals surface area contributed by atoms with Crippen molar-refractivity contribution in [2.45, 2.75) is 12.7 Å². The van der Waals surface area contributed by atoms with Crippen LogP contribution in [-0.2, 0) is 15.6 Å². The van der Waals surface area contributed by atoms with Crippen molar-refractivity contribution in [2.24, 2.45) is 0 Å². The average Bonchev–Trinajstić information content (AvgIpc) is 2.39. The van der Waals surface area contributed by atoms with Gasteiger partial charge in [0.05, 0.1) is 5.75 Å². The number of aryl methyl sites for hydroxylation is 1. The van der Waals surface area contributed by atoms with E-state index >= 15 is 0 Å². The summed E-state index contributed by atoms with van der Waals surface area (Å²) in [6.07, 6.45) is 1.64. The molecule has 2 aromatic carbocycles. The van der Waals surface area contributed by atoms with Crippen LogP contribution in [0.1, 0.15) is 16.7 Å². The minimum absolute atomic E-state index is 0.0379. The summed E-state index contributed by atoms with van der Waals surface area (Å²) in [7, 11) is -3.22. The summed E-state index contributed by atoms with van der Waals surface area (Å²) in [6.45, 7) is 2.00. The molecule has 0 aliphatic rings.